The van der Waals surface area contributed by atoms with E-state index in [1.807, 2.05) is 6.92 Å². The monoisotopic (exact) mass is 256 g/mol. The molecule has 18 heavy (non-hydrogen) atoms. The minimum atomic E-state index is -0.516. The summed E-state index contributed by atoms with van der Waals surface area (Å²) in [6.45, 7) is 4.00. The fourth-order valence-corrected chi connectivity index (χ4v) is 2.26. The Morgan fingerprint density at radius 3 is 2.22 bits per heavy atom. The van der Waals surface area contributed by atoms with Crippen molar-refractivity contribution in [1.29, 1.82) is 0 Å². The minimum absolute atomic E-state index is 0.0305. The Hall–Kier alpha value is -0.960. The average Bonchev–Trinajstić information content (AvgIpc) is 2.38. The lowest BCUT2D eigenvalue weighted by atomic mass is 9.76. The molecule has 0 bridgehead atoms. The molecule has 0 saturated carbocycles. The molecule has 0 radical (unpaired) electrons. The Balaban J connectivity index is 2.95. The molecule has 0 saturated heterocycles. The van der Waals surface area contributed by atoms with E-state index in [1.54, 1.807) is 0 Å². The third-order valence-electron chi connectivity index (χ3n) is 3.76. The second kappa shape index (κ2) is 6.83. The predicted molar refractivity (Wildman–Crippen MR) is 69.4 cm³/mol. The summed E-state index contributed by atoms with van der Waals surface area (Å²) < 4.78 is 27.3. The molecule has 3 heteroatoms. The molecule has 1 aromatic carbocycles. The van der Waals surface area contributed by atoms with Gasteiger partial charge < -0.3 is 5.11 Å². The van der Waals surface area contributed by atoms with Gasteiger partial charge in [0.05, 0.1) is 0 Å². The van der Waals surface area contributed by atoms with Crippen LogP contribution in [-0.2, 0) is 6.42 Å². The third-order valence-corrected chi connectivity index (χ3v) is 3.76. The van der Waals surface area contributed by atoms with Gasteiger partial charge >= 0.3 is 0 Å². The van der Waals surface area contributed by atoms with E-state index in [-0.39, 0.29) is 18.6 Å². The van der Waals surface area contributed by atoms with Gasteiger partial charge in [0, 0.05) is 12.2 Å². The topological polar surface area (TPSA) is 20.2 Å². The van der Waals surface area contributed by atoms with Gasteiger partial charge in [0.1, 0.15) is 11.6 Å². The molecule has 0 aliphatic rings. The number of benzene rings is 1. The van der Waals surface area contributed by atoms with E-state index in [9.17, 15) is 13.9 Å². The largest absolute Gasteiger partial charge is 0.396 e. The molecular formula is C15H22F2O. The average molecular weight is 256 g/mol. The van der Waals surface area contributed by atoms with Crippen molar-refractivity contribution in [3.05, 3.63) is 35.4 Å². The van der Waals surface area contributed by atoms with Crippen molar-refractivity contribution in [2.24, 2.45) is 5.41 Å². The normalized spacial score (nSPS) is 14.5. The Morgan fingerprint density at radius 2 is 1.78 bits per heavy atom. The van der Waals surface area contributed by atoms with Crippen LogP contribution in [0.5, 0.6) is 0 Å². The smallest absolute Gasteiger partial charge is 0.129 e. The zero-order chi connectivity index (χ0) is 13.6. The van der Waals surface area contributed by atoms with Crippen LogP contribution in [0.15, 0.2) is 18.2 Å². The summed E-state index contributed by atoms with van der Waals surface area (Å²) in [6.07, 6.45) is 3.76. The third kappa shape index (κ3) is 3.52. The first kappa shape index (κ1) is 15.1. The molecule has 1 rings (SSSR count). The maximum atomic E-state index is 13.7. The number of unbranched alkanes of at least 4 members (excludes halogenated alkanes) is 1. The number of halogens is 2. The zero-order valence-electron chi connectivity index (χ0n) is 11.2. The second-order valence-corrected chi connectivity index (χ2v) is 4.99. The van der Waals surface area contributed by atoms with E-state index in [2.05, 4.69) is 6.92 Å². The van der Waals surface area contributed by atoms with Gasteiger partial charge in [-0.3, -0.25) is 0 Å². The summed E-state index contributed by atoms with van der Waals surface area (Å²) in [5.74, 6) is -1.03. The first-order valence-corrected chi connectivity index (χ1v) is 6.62. The summed E-state index contributed by atoms with van der Waals surface area (Å²) in [6, 6.07) is 3.92. The highest BCUT2D eigenvalue weighted by Gasteiger charge is 2.29. The van der Waals surface area contributed by atoms with Crippen LogP contribution in [0.3, 0.4) is 0 Å². The molecule has 1 N–H and O–H groups in total. The van der Waals surface area contributed by atoms with Gasteiger partial charge in [-0.1, -0.05) is 32.8 Å². The van der Waals surface area contributed by atoms with Gasteiger partial charge in [0.25, 0.3) is 0 Å². The maximum absolute atomic E-state index is 13.7. The van der Waals surface area contributed by atoms with E-state index in [4.69, 9.17) is 0 Å². The van der Waals surface area contributed by atoms with Crippen molar-refractivity contribution in [1.82, 2.24) is 0 Å². The summed E-state index contributed by atoms with van der Waals surface area (Å²) in [5, 5.41) is 9.60. The van der Waals surface area contributed by atoms with E-state index in [0.717, 1.165) is 25.7 Å². The van der Waals surface area contributed by atoms with Crippen molar-refractivity contribution in [2.75, 3.05) is 6.61 Å². The summed E-state index contributed by atoms with van der Waals surface area (Å²) in [5.41, 5.74) is -0.302. The molecule has 0 fully saturated rings. The summed E-state index contributed by atoms with van der Waals surface area (Å²) in [4.78, 5) is 0. The molecule has 102 valence electrons. The van der Waals surface area contributed by atoms with Gasteiger partial charge in [0.15, 0.2) is 0 Å². The lowest BCUT2D eigenvalue weighted by molar-refractivity contribution is 0.105. The van der Waals surface area contributed by atoms with Gasteiger partial charge in [-0.15, -0.1) is 0 Å². The first-order valence-electron chi connectivity index (χ1n) is 6.62. The van der Waals surface area contributed by atoms with Crippen molar-refractivity contribution >= 4 is 0 Å². The van der Waals surface area contributed by atoms with Crippen LogP contribution in [0.2, 0.25) is 0 Å². The van der Waals surface area contributed by atoms with E-state index >= 15 is 0 Å². The summed E-state index contributed by atoms with van der Waals surface area (Å²) >= 11 is 0. The molecule has 0 aromatic heterocycles. The molecule has 1 atom stereocenters. The Labute approximate surface area is 108 Å². The van der Waals surface area contributed by atoms with Gasteiger partial charge in [-0.25, -0.2) is 8.78 Å². The molecule has 0 aliphatic carbocycles. The number of hydrogen-bond acceptors (Lipinski definition) is 1. The lowest BCUT2D eigenvalue weighted by Crippen LogP contribution is -2.28. The van der Waals surface area contributed by atoms with Gasteiger partial charge in [-0.05, 0) is 36.8 Å². The molecule has 0 aliphatic heterocycles. The molecule has 1 nitrogen and oxygen atoms in total. The Bertz CT molecular complexity index is 353. The van der Waals surface area contributed by atoms with Crippen molar-refractivity contribution < 1.29 is 13.9 Å². The standard InChI is InChI=1S/C15H22F2O/c1-3-5-9-15(4-2,11-18)10-12-13(16)7-6-8-14(12)17/h6-8,18H,3-5,9-11H2,1-2H3. The molecule has 0 amide bonds. The maximum Gasteiger partial charge on any atom is 0.129 e. The SMILES string of the molecule is CCCCC(CC)(CO)Cc1c(F)cccc1F. The quantitative estimate of drug-likeness (QED) is 0.779. The number of rotatable bonds is 7. The van der Waals surface area contributed by atoms with Crippen LogP contribution < -0.4 is 0 Å². The first-order chi connectivity index (χ1) is 8.58. The number of aliphatic hydroxyl groups is 1. The number of aliphatic hydroxyl groups excluding tert-OH is 1. The van der Waals surface area contributed by atoms with Gasteiger partial charge in [-0.2, -0.15) is 0 Å². The summed E-state index contributed by atoms with van der Waals surface area (Å²) in [7, 11) is 0. The Kier molecular flexibility index (Phi) is 5.73. The van der Waals surface area contributed by atoms with E-state index < -0.39 is 17.0 Å². The van der Waals surface area contributed by atoms with E-state index in [0.29, 0.717) is 0 Å². The highest BCUT2D eigenvalue weighted by atomic mass is 19.1. The van der Waals surface area contributed by atoms with Crippen molar-refractivity contribution in [3.8, 4) is 0 Å². The molecule has 1 aromatic rings. The fourth-order valence-electron chi connectivity index (χ4n) is 2.26. The molecule has 1 unspecified atom stereocenters. The van der Waals surface area contributed by atoms with E-state index in [1.165, 1.54) is 18.2 Å². The van der Waals surface area contributed by atoms with Crippen LogP contribution in [-0.4, -0.2) is 11.7 Å². The van der Waals surface area contributed by atoms with Crippen LogP contribution >= 0.6 is 0 Å². The van der Waals surface area contributed by atoms with Crippen LogP contribution in [0.25, 0.3) is 0 Å². The minimum Gasteiger partial charge on any atom is -0.396 e. The number of hydrogen-bond donors (Lipinski definition) is 1. The van der Waals surface area contributed by atoms with Crippen molar-refractivity contribution in [3.63, 3.8) is 0 Å². The van der Waals surface area contributed by atoms with Crippen LogP contribution in [0, 0.1) is 17.0 Å². The molecular weight excluding hydrogens is 234 g/mol. The second-order valence-electron chi connectivity index (χ2n) is 4.99. The fraction of sp³-hybridized carbons (Fsp3) is 0.600. The highest BCUT2D eigenvalue weighted by molar-refractivity contribution is 5.21. The zero-order valence-corrected chi connectivity index (χ0v) is 11.2. The Morgan fingerprint density at radius 1 is 1.17 bits per heavy atom. The van der Waals surface area contributed by atoms with Gasteiger partial charge in [0.2, 0.25) is 0 Å². The highest BCUT2D eigenvalue weighted by Crippen LogP contribution is 2.34. The molecule has 0 spiro atoms. The lowest BCUT2D eigenvalue weighted by Gasteiger charge is -2.31. The van der Waals surface area contributed by atoms with Crippen molar-refractivity contribution in [2.45, 2.75) is 46.0 Å². The van der Waals surface area contributed by atoms with Crippen LogP contribution in [0.1, 0.15) is 45.1 Å². The molecule has 0 heterocycles. The van der Waals surface area contributed by atoms with Crippen LogP contribution in [0.4, 0.5) is 8.78 Å². The predicted octanol–water partition coefficient (Wildman–Crippen LogP) is 4.09.